The zero-order valence-corrected chi connectivity index (χ0v) is 20.5. The van der Waals surface area contributed by atoms with E-state index in [1.165, 1.54) is 0 Å². The van der Waals surface area contributed by atoms with Gasteiger partial charge < -0.3 is 9.47 Å². The second-order valence-electron chi connectivity index (χ2n) is 10.2. The van der Waals surface area contributed by atoms with Crippen LogP contribution in [-0.4, -0.2) is 20.0 Å². The molecule has 0 unspecified atom stereocenters. The SMILES string of the molecule is COc1ccc(C(=C2C=C(C(C)(C)C)C(=O)C(C(C)(C)C)=C2)c2ccc(OC)cc2)cc1. The van der Waals surface area contributed by atoms with Gasteiger partial charge in [-0.2, -0.15) is 0 Å². The fourth-order valence-corrected chi connectivity index (χ4v) is 3.90. The van der Waals surface area contributed by atoms with E-state index in [1.807, 2.05) is 24.3 Å². The molecule has 2 aromatic carbocycles. The molecule has 32 heavy (non-hydrogen) atoms. The van der Waals surface area contributed by atoms with Crippen LogP contribution in [0.25, 0.3) is 5.57 Å². The van der Waals surface area contributed by atoms with Crippen LogP contribution in [0.15, 0.2) is 77.4 Å². The smallest absolute Gasteiger partial charge is 0.186 e. The molecule has 168 valence electrons. The van der Waals surface area contributed by atoms with Crippen LogP contribution >= 0.6 is 0 Å². The summed E-state index contributed by atoms with van der Waals surface area (Å²) < 4.78 is 10.7. The molecule has 0 spiro atoms. The highest BCUT2D eigenvalue weighted by atomic mass is 16.5. The maximum absolute atomic E-state index is 13.4. The zero-order valence-electron chi connectivity index (χ0n) is 20.5. The molecule has 0 bridgehead atoms. The lowest BCUT2D eigenvalue weighted by molar-refractivity contribution is -0.114. The quantitative estimate of drug-likeness (QED) is 0.522. The molecule has 1 aliphatic carbocycles. The van der Waals surface area contributed by atoms with Crippen molar-refractivity contribution in [1.82, 2.24) is 0 Å². The number of Topliss-reactive ketones (excluding diaryl/α,β-unsaturated/α-hetero) is 1. The number of methoxy groups -OCH3 is 2. The first-order valence-corrected chi connectivity index (χ1v) is 11.0. The van der Waals surface area contributed by atoms with Gasteiger partial charge in [0, 0.05) is 11.1 Å². The molecule has 0 fully saturated rings. The molecular weight excluding hydrogens is 396 g/mol. The van der Waals surface area contributed by atoms with Crippen molar-refractivity contribution in [2.75, 3.05) is 14.2 Å². The van der Waals surface area contributed by atoms with Gasteiger partial charge in [0.2, 0.25) is 0 Å². The summed E-state index contributed by atoms with van der Waals surface area (Å²) in [7, 11) is 3.34. The second-order valence-corrected chi connectivity index (χ2v) is 10.2. The monoisotopic (exact) mass is 430 g/mol. The topological polar surface area (TPSA) is 35.5 Å². The molecule has 0 amide bonds. The van der Waals surface area contributed by atoms with Crippen molar-refractivity contribution in [2.45, 2.75) is 41.5 Å². The van der Waals surface area contributed by atoms with Crippen LogP contribution < -0.4 is 9.47 Å². The van der Waals surface area contributed by atoms with Crippen molar-refractivity contribution < 1.29 is 14.3 Å². The van der Waals surface area contributed by atoms with E-state index in [-0.39, 0.29) is 16.6 Å². The van der Waals surface area contributed by atoms with Gasteiger partial charge >= 0.3 is 0 Å². The van der Waals surface area contributed by atoms with E-state index >= 15 is 0 Å². The number of carbonyl (C=O) groups is 1. The Bertz CT molecular complexity index is 996. The van der Waals surface area contributed by atoms with Crippen LogP contribution in [-0.2, 0) is 4.79 Å². The van der Waals surface area contributed by atoms with Gasteiger partial charge in [-0.1, -0.05) is 65.8 Å². The van der Waals surface area contributed by atoms with Gasteiger partial charge in [0.25, 0.3) is 0 Å². The minimum Gasteiger partial charge on any atom is -0.497 e. The molecule has 1 aliphatic rings. The first-order chi connectivity index (χ1) is 15.0. The Morgan fingerprint density at radius 3 is 1.25 bits per heavy atom. The highest BCUT2D eigenvalue weighted by Gasteiger charge is 2.34. The molecule has 2 aromatic rings. The standard InChI is InChI=1S/C29H34O3/c1-28(2,3)24-17-21(18-25(27(24)30)29(4,5)6)26(19-9-13-22(31-7)14-10-19)20-11-15-23(32-8)16-12-20/h9-18H,1-8H3. The van der Waals surface area contributed by atoms with Crippen molar-refractivity contribution in [2.24, 2.45) is 10.8 Å². The van der Waals surface area contributed by atoms with Gasteiger partial charge in [-0.25, -0.2) is 0 Å². The maximum Gasteiger partial charge on any atom is 0.186 e. The van der Waals surface area contributed by atoms with Crippen molar-refractivity contribution in [3.8, 4) is 11.5 Å². The summed E-state index contributed by atoms with van der Waals surface area (Å²) in [5.74, 6) is 1.75. The zero-order chi connectivity index (χ0) is 23.7. The summed E-state index contributed by atoms with van der Waals surface area (Å²) >= 11 is 0. The van der Waals surface area contributed by atoms with Crippen LogP contribution in [0, 0.1) is 10.8 Å². The lowest BCUT2D eigenvalue weighted by Crippen LogP contribution is -2.28. The fourth-order valence-electron chi connectivity index (χ4n) is 3.90. The molecule has 0 heterocycles. The average Bonchev–Trinajstić information content (AvgIpc) is 2.74. The van der Waals surface area contributed by atoms with Crippen LogP contribution in [0.2, 0.25) is 0 Å². The van der Waals surface area contributed by atoms with Gasteiger partial charge in [0.05, 0.1) is 14.2 Å². The van der Waals surface area contributed by atoms with Crippen molar-refractivity contribution in [3.05, 3.63) is 88.5 Å². The van der Waals surface area contributed by atoms with E-state index in [0.717, 1.165) is 44.9 Å². The summed E-state index contributed by atoms with van der Waals surface area (Å²) in [4.78, 5) is 13.4. The number of benzene rings is 2. The Morgan fingerprint density at radius 2 is 0.969 bits per heavy atom. The third-order valence-corrected chi connectivity index (χ3v) is 5.75. The van der Waals surface area contributed by atoms with Gasteiger partial charge in [0.1, 0.15) is 11.5 Å². The van der Waals surface area contributed by atoms with Crippen molar-refractivity contribution >= 4 is 11.4 Å². The Hall–Kier alpha value is -3.07. The third-order valence-electron chi connectivity index (χ3n) is 5.75. The number of rotatable bonds is 4. The van der Waals surface area contributed by atoms with Gasteiger partial charge in [-0.3, -0.25) is 4.79 Å². The number of allylic oxidation sites excluding steroid dienone is 5. The van der Waals surface area contributed by atoms with Gasteiger partial charge in [-0.05, 0) is 69.5 Å². The maximum atomic E-state index is 13.4. The Balaban J connectivity index is 2.36. The Morgan fingerprint density at radius 1 is 0.625 bits per heavy atom. The average molecular weight is 431 g/mol. The minimum absolute atomic E-state index is 0.137. The highest BCUT2D eigenvalue weighted by molar-refractivity contribution is 6.12. The Labute approximate surface area is 192 Å². The molecule has 3 rings (SSSR count). The van der Waals surface area contributed by atoms with E-state index in [4.69, 9.17) is 9.47 Å². The fraction of sp³-hybridized carbons (Fsp3) is 0.345. The molecular formula is C29H34O3. The summed E-state index contributed by atoms with van der Waals surface area (Å²) in [6.07, 6.45) is 4.14. The predicted molar refractivity (Wildman–Crippen MR) is 132 cm³/mol. The molecule has 0 atom stereocenters. The molecule has 3 heteroatoms. The Kier molecular flexibility index (Phi) is 6.50. The van der Waals surface area contributed by atoms with Crippen LogP contribution in [0.5, 0.6) is 11.5 Å². The van der Waals surface area contributed by atoms with Crippen LogP contribution in [0.4, 0.5) is 0 Å². The normalized spacial score (nSPS) is 14.6. The molecule has 0 N–H and O–H groups in total. The second kappa shape index (κ2) is 8.82. The molecule has 0 aromatic heterocycles. The summed E-state index contributed by atoms with van der Waals surface area (Å²) in [5.41, 5.74) is 5.37. The first kappa shape index (κ1) is 23.6. The molecule has 3 nitrogen and oxygen atoms in total. The van der Waals surface area contributed by atoms with E-state index in [0.29, 0.717) is 0 Å². The number of hydrogen-bond acceptors (Lipinski definition) is 3. The lowest BCUT2D eigenvalue weighted by atomic mass is 9.71. The van der Waals surface area contributed by atoms with E-state index < -0.39 is 0 Å². The largest absolute Gasteiger partial charge is 0.497 e. The van der Waals surface area contributed by atoms with E-state index in [1.54, 1.807) is 14.2 Å². The highest BCUT2D eigenvalue weighted by Crippen LogP contribution is 2.42. The van der Waals surface area contributed by atoms with Gasteiger partial charge in [0.15, 0.2) is 5.78 Å². The van der Waals surface area contributed by atoms with Crippen LogP contribution in [0.3, 0.4) is 0 Å². The number of hydrogen-bond donors (Lipinski definition) is 0. The molecule has 0 radical (unpaired) electrons. The molecule has 0 aliphatic heterocycles. The van der Waals surface area contributed by atoms with E-state index in [2.05, 4.69) is 78.0 Å². The van der Waals surface area contributed by atoms with Crippen molar-refractivity contribution in [1.29, 1.82) is 0 Å². The van der Waals surface area contributed by atoms with Crippen molar-refractivity contribution in [3.63, 3.8) is 0 Å². The number of ether oxygens (including phenoxy) is 2. The summed E-state index contributed by atoms with van der Waals surface area (Å²) in [6, 6.07) is 16.1. The summed E-state index contributed by atoms with van der Waals surface area (Å²) in [6.45, 7) is 12.6. The molecule has 0 saturated heterocycles. The third kappa shape index (κ3) is 4.88. The number of ketones is 1. The molecule has 0 saturated carbocycles. The lowest BCUT2D eigenvalue weighted by Gasteiger charge is -2.32. The van der Waals surface area contributed by atoms with Crippen LogP contribution in [0.1, 0.15) is 52.7 Å². The number of carbonyl (C=O) groups excluding carboxylic acids is 1. The summed E-state index contributed by atoms with van der Waals surface area (Å²) in [5, 5.41) is 0. The minimum atomic E-state index is -0.266. The first-order valence-electron chi connectivity index (χ1n) is 11.0. The predicted octanol–water partition coefficient (Wildman–Crippen LogP) is 7.03. The van der Waals surface area contributed by atoms with E-state index in [9.17, 15) is 4.79 Å². The van der Waals surface area contributed by atoms with Gasteiger partial charge in [-0.15, -0.1) is 0 Å².